The maximum absolute atomic E-state index is 11.6. The van der Waals surface area contributed by atoms with Crippen molar-refractivity contribution in [2.75, 3.05) is 0 Å². The molecule has 3 aromatic rings. The van der Waals surface area contributed by atoms with Crippen molar-refractivity contribution in [2.45, 2.75) is 32.4 Å². The third-order valence-corrected chi connectivity index (χ3v) is 5.07. The van der Waals surface area contributed by atoms with Crippen molar-refractivity contribution in [1.82, 2.24) is 14.8 Å². The quantitative estimate of drug-likeness (QED) is 0.250. The molecule has 0 bridgehead atoms. The number of carbonyl (C=O) groups is 1. The van der Waals surface area contributed by atoms with Crippen LogP contribution in [0, 0.1) is 24.0 Å². The molecule has 0 amide bonds. The third-order valence-electron chi connectivity index (χ3n) is 4.22. The molecular formula is C19H17N4O5S-. The highest BCUT2D eigenvalue weighted by atomic mass is 32.2. The fourth-order valence-electron chi connectivity index (χ4n) is 2.84. The summed E-state index contributed by atoms with van der Waals surface area (Å²) in [6, 6.07) is 7.96. The van der Waals surface area contributed by atoms with Gasteiger partial charge in [-0.2, -0.15) is 0 Å². The van der Waals surface area contributed by atoms with E-state index in [1.54, 1.807) is 12.1 Å². The Balaban J connectivity index is 1.96. The van der Waals surface area contributed by atoms with Crippen LogP contribution in [0.25, 0.3) is 11.8 Å². The second kappa shape index (κ2) is 8.31. The molecule has 0 aliphatic rings. The fraction of sp³-hybridized carbons (Fsp3) is 0.211. The van der Waals surface area contributed by atoms with Crippen LogP contribution < -0.4 is 5.11 Å². The number of aromatic nitrogens is 3. The first-order valence-electron chi connectivity index (χ1n) is 8.67. The van der Waals surface area contributed by atoms with Gasteiger partial charge in [0.05, 0.1) is 10.9 Å². The number of rotatable bonds is 7. The topological polar surface area (TPSA) is 127 Å². The van der Waals surface area contributed by atoms with Crippen LogP contribution >= 0.6 is 11.8 Å². The monoisotopic (exact) mass is 413 g/mol. The Morgan fingerprint density at radius 1 is 1.28 bits per heavy atom. The maximum atomic E-state index is 11.6. The zero-order valence-corrected chi connectivity index (χ0v) is 16.7. The van der Waals surface area contributed by atoms with Gasteiger partial charge in [-0.25, -0.2) is 0 Å². The van der Waals surface area contributed by atoms with Crippen molar-refractivity contribution >= 4 is 29.5 Å². The first kappa shape index (κ1) is 20.3. The van der Waals surface area contributed by atoms with E-state index >= 15 is 0 Å². The number of nitro groups is 1. The molecular weight excluding hydrogens is 396 g/mol. The Labute approximate surface area is 170 Å². The van der Waals surface area contributed by atoms with Crippen LogP contribution in [0.1, 0.15) is 29.8 Å². The lowest BCUT2D eigenvalue weighted by atomic mass is 10.2. The smallest absolute Gasteiger partial charge is 0.281 e. The van der Waals surface area contributed by atoms with Crippen molar-refractivity contribution in [3.05, 3.63) is 68.2 Å². The first-order valence-corrected chi connectivity index (χ1v) is 9.48. The molecule has 0 spiro atoms. The summed E-state index contributed by atoms with van der Waals surface area (Å²) in [6.45, 7) is 5.55. The van der Waals surface area contributed by atoms with Gasteiger partial charge in [0.1, 0.15) is 0 Å². The molecule has 2 aromatic heterocycles. The molecule has 1 aromatic carbocycles. The Kier molecular flexibility index (Phi) is 5.83. The van der Waals surface area contributed by atoms with Crippen LogP contribution in [0.2, 0.25) is 0 Å². The zero-order valence-electron chi connectivity index (χ0n) is 15.9. The number of aryl methyl sites for hydroxylation is 2. The first-order chi connectivity index (χ1) is 13.8. The predicted molar refractivity (Wildman–Crippen MR) is 104 cm³/mol. The highest BCUT2D eigenvalue weighted by Gasteiger charge is 2.14. The number of nitrogens with zero attached hydrogens (tertiary/aromatic N) is 4. The molecule has 0 N–H and O–H groups in total. The minimum atomic E-state index is -1.36. The van der Waals surface area contributed by atoms with Gasteiger partial charge < -0.3 is 18.9 Å². The second-order valence-corrected chi connectivity index (χ2v) is 7.14. The Bertz CT molecular complexity index is 1100. The van der Waals surface area contributed by atoms with E-state index in [2.05, 4.69) is 10.2 Å². The number of non-ortho nitro benzene ring substituents is 1. The van der Waals surface area contributed by atoms with E-state index in [1.165, 1.54) is 18.2 Å². The van der Waals surface area contributed by atoms with Crippen molar-refractivity contribution < 1.29 is 19.2 Å². The number of benzene rings is 1. The number of carboxylic acid groups (broad SMARTS) is 1. The largest absolute Gasteiger partial charge is 0.544 e. The van der Waals surface area contributed by atoms with Crippen LogP contribution in [0.4, 0.5) is 5.69 Å². The van der Waals surface area contributed by atoms with Gasteiger partial charge in [0.15, 0.2) is 0 Å². The third kappa shape index (κ3) is 4.37. The molecule has 0 unspecified atom stereocenters. The van der Waals surface area contributed by atoms with Gasteiger partial charge in [-0.15, -0.1) is 10.2 Å². The molecule has 0 fully saturated rings. The van der Waals surface area contributed by atoms with Crippen LogP contribution in [0.5, 0.6) is 0 Å². The predicted octanol–water partition coefficient (Wildman–Crippen LogP) is 2.83. The summed E-state index contributed by atoms with van der Waals surface area (Å²) < 4.78 is 7.24. The van der Waals surface area contributed by atoms with Crippen molar-refractivity contribution in [2.24, 2.45) is 0 Å². The van der Waals surface area contributed by atoms with E-state index in [4.69, 9.17) is 4.42 Å². The van der Waals surface area contributed by atoms with Crippen molar-refractivity contribution in [3.8, 4) is 5.69 Å². The average molecular weight is 413 g/mol. The van der Waals surface area contributed by atoms with Gasteiger partial charge >= 0.3 is 0 Å². The van der Waals surface area contributed by atoms with E-state index in [0.29, 0.717) is 17.9 Å². The summed E-state index contributed by atoms with van der Waals surface area (Å²) in [4.78, 5) is 21.9. The van der Waals surface area contributed by atoms with Gasteiger partial charge in [0.25, 0.3) is 10.9 Å². The van der Waals surface area contributed by atoms with E-state index in [-0.39, 0.29) is 15.8 Å². The molecule has 0 atom stereocenters. The fourth-order valence-corrected chi connectivity index (χ4v) is 3.52. The normalized spacial score (nSPS) is 11.6. The van der Waals surface area contributed by atoms with E-state index in [1.807, 2.05) is 31.4 Å². The van der Waals surface area contributed by atoms with Crippen molar-refractivity contribution in [1.29, 1.82) is 0 Å². The molecule has 0 saturated heterocycles. The highest BCUT2D eigenvalue weighted by Crippen LogP contribution is 2.30. The van der Waals surface area contributed by atoms with Crippen LogP contribution in [-0.2, 0) is 11.2 Å². The number of hydrogen-bond acceptors (Lipinski definition) is 8. The number of nitro benzene ring substituents is 1. The number of thioether (sulfide) groups is 1. The molecule has 3 rings (SSSR count). The molecule has 9 nitrogen and oxygen atoms in total. The summed E-state index contributed by atoms with van der Waals surface area (Å²) >= 11 is 0.827. The van der Waals surface area contributed by atoms with Crippen molar-refractivity contribution in [3.63, 3.8) is 0 Å². The summed E-state index contributed by atoms with van der Waals surface area (Å²) in [5.74, 6) is -0.937. The summed E-state index contributed by atoms with van der Waals surface area (Å²) in [5.41, 5.74) is 3.02. The Morgan fingerprint density at radius 3 is 2.52 bits per heavy atom. The van der Waals surface area contributed by atoms with E-state index < -0.39 is 10.9 Å². The standard InChI is InChI=1S/C19H18N4O5S/c1-4-17-20-21-19(28-17)29-16(18(24)25)10-13-9-11(2)22(12(13)3)14-5-7-15(8-6-14)23(26)27/h5-10H,4H2,1-3H3,(H,24,25)/p-1/b16-10-. The number of hydrogen-bond donors (Lipinski definition) is 0. The molecule has 2 heterocycles. The molecule has 29 heavy (non-hydrogen) atoms. The molecule has 0 aliphatic carbocycles. The van der Waals surface area contributed by atoms with Crippen LogP contribution in [0.3, 0.4) is 0 Å². The highest BCUT2D eigenvalue weighted by molar-refractivity contribution is 8.03. The minimum absolute atomic E-state index is 0.00187. The van der Waals surface area contributed by atoms with Crippen LogP contribution in [0.15, 0.2) is 44.9 Å². The van der Waals surface area contributed by atoms with E-state index in [9.17, 15) is 20.0 Å². The van der Waals surface area contributed by atoms with E-state index in [0.717, 1.165) is 28.8 Å². The summed E-state index contributed by atoms with van der Waals surface area (Å²) in [7, 11) is 0. The maximum Gasteiger partial charge on any atom is 0.281 e. The molecule has 10 heteroatoms. The summed E-state index contributed by atoms with van der Waals surface area (Å²) in [6.07, 6.45) is 2.04. The minimum Gasteiger partial charge on any atom is -0.544 e. The SMILES string of the molecule is CCc1nnc(S/C(=C\c2cc(C)n(-c3ccc([N+](=O)[O-])cc3)c2C)C(=O)[O-])o1. The second-order valence-electron chi connectivity index (χ2n) is 6.15. The average Bonchev–Trinajstić information content (AvgIpc) is 3.25. The number of carbonyl (C=O) groups excluding carboxylic acids is 1. The molecule has 0 radical (unpaired) electrons. The van der Waals surface area contributed by atoms with Gasteiger partial charge in [-0.05, 0) is 55.4 Å². The number of carboxylic acids is 1. The van der Waals surface area contributed by atoms with Gasteiger partial charge in [0.2, 0.25) is 5.89 Å². The molecule has 0 saturated carbocycles. The Hall–Kier alpha value is -3.40. The number of aliphatic carboxylic acids is 1. The van der Waals surface area contributed by atoms with Gasteiger partial charge in [0, 0.05) is 40.5 Å². The Morgan fingerprint density at radius 2 is 1.97 bits per heavy atom. The summed E-state index contributed by atoms with van der Waals surface area (Å²) in [5, 5.41) is 30.2. The lowest BCUT2D eigenvalue weighted by Gasteiger charge is -2.10. The zero-order chi connectivity index (χ0) is 21.1. The lowest BCUT2D eigenvalue weighted by molar-refractivity contribution is -0.384. The van der Waals surface area contributed by atoms with Gasteiger partial charge in [-0.3, -0.25) is 10.1 Å². The molecule has 150 valence electrons. The van der Waals surface area contributed by atoms with Gasteiger partial charge in [-0.1, -0.05) is 6.92 Å². The molecule has 0 aliphatic heterocycles. The van der Waals surface area contributed by atoms with Crippen LogP contribution in [-0.4, -0.2) is 25.7 Å². The lowest BCUT2D eigenvalue weighted by Crippen LogP contribution is -2.23.